The Hall–Kier alpha value is -0.860. The van der Waals surface area contributed by atoms with Crippen LogP contribution < -0.4 is 14.8 Å². The Morgan fingerprint density at radius 1 is 1.25 bits per heavy atom. The number of rotatable bonds is 6. The van der Waals surface area contributed by atoms with Crippen LogP contribution in [0.15, 0.2) is 21.1 Å². The fraction of sp³-hybridized carbons (Fsp3) is 0.333. The predicted octanol–water partition coefficient (Wildman–Crippen LogP) is 4.08. The second kappa shape index (κ2) is 7.24. The van der Waals surface area contributed by atoms with Gasteiger partial charge in [-0.1, -0.05) is 5.10 Å². The topological polar surface area (TPSA) is 56.3 Å². The highest BCUT2D eigenvalue weighted by molar-refractivity contribution is 9.11. The molecular weight excluding hydrogens is 410 g/mol. The molecule has 20 heavy (non-hydrogen) atoms. The van der Waals surface area contributed by atoms with Gasteiger partial charge in [-0.25, -0.2) is 0 Å². The number of nitrogens with zero attached hydrogens (tertiary/aromatic N) is 2. The van der Waals surface area contributed by atoms with Crippen molar-refractivity contribution in [3.05, 3.63) is 26.6 Å². The highest BCUT2D eigenvalue weighted by Gasteiger charge is 2.09. The molecule has 1 aromatic carbocycles. The van der Waals surface area contributed by atoms with Gasteiger partial charge in [0.25, 0.3) is 5.19 Å². The molecule has 2 rings (SSSR count). The highest BCUT2D eigenvalue weighted by Crippen LogP contribution is 2.35. The fourth-order valence-electron chi connectivity index (χ4n) is 1.54. The molecule has 0 atom stereocenters. The number of aromatic nitrogens is 2. The first-order chi connectivity index (χ1) is 9.63. The van der Waals surface area contributed by atoms with Gasteiger partial charge in [0.2, 0.25) is 5.13 Å². The van der Waals surface area contributed by atoms with Crippen LogP contribution in [0.3, 0.4) is 0 Å². The quantitative estimate of drug-likeness (QED) is 0.759. The molecule has 0 amide bonds. The van der Waals surface area contributed by atoms with Crippen molar-refractivity contribution in [2.75, 3.05) is 19.0 Å². The van der Waals surface area contributed by atoms with Crippen LogP contribution in [0.1, 0.15) is 12.5 Å². The molecule has 0 aliphatic carbocycles. The van der Waals surface area contributed by atoms with Crippen LogP contribution in [0.4, 0.5) is 5.13 Å². The number of ether oxygens (including phenoxy) is 2. The molecule has 0 aliphatic rings. The van der Waals surface area contributed by atoms with Crippen molar-refractivity contribution in [2.24, 2.45) is 0 Å². The lowest BCUT2D eigenvalue weighted by Crippen LogP contribution is -2.01. The summed E-state index contributed by atoms with van der Waals surface area (Å²) in [6.07, 6.45) is 0. The Bertz CT molecular complexity index is 569. The molecule has 5 nitrogen and oxygen atoms in total. The summed E-state index contributed by atoms with van der Waals surface area (Å²) in [5, 5.41) is 12.3. The van der Waals surface area contributed by atoms with Crippen molar-refractivity contribution in [1.29, 1.82) is 0 Å². The molecule has 8 heteroatoms. The van der Waals surface area contributed by atoms with Crippen LogP contribution in [0.2, 0.25) is 0 Å². The molecular formula is C12H13Br2N3O2S. The van der Waals surface area contributed by atoms with Crippen LogP contribution in [-0.2, 0) is 6.54 Å². The number of methoxy groups -OCH3 is 1. The Morgan fingerprint density at radius 3 is 2.50 bits per heavy atom. The molecule has 0 saturated heterocycles. The summed E-state index contributed by atoms with van der Waals surface area (Å²) in [4.78, 5) is 0. The zero-order valence-electron chi connectivity index (χ0n) is 10.9. The van der Waals surface area contributed by atoms with Gasteiger partial charge < -0.3 is 14.8 Å². The zero-order chi connectivity index (χ0) is 14.5. The van der Waals surface area contributed by atoms with Crippen molar-refractivity contribution >= 4 is 48.3 Å². The molecule has 0 spiro atoms. The van der Waals surface area contributed by atoms with Crippen LogP contribution >= 0.6 is 43.2 Å². The van der Waals surface area contributed by atoms with Crippen molar-refractivity contribution < 1.29 is 9.47 Å². The lowest BCUT2D eigenvalue weighted by Gasteiger charge is -2.11. The first-order valence-corrected chi connectivity index (χ1v) is 8.26. The molecule has 0 radical (unpaired) electrons. The van der Waals surface area contributed by atoms with Gasteiger partial charge in [-0.3, -0.25) is 0 Å². The van der Waals surface area contributed by atoms with Gasteiger partial charge in [-0.15, -0.1) is 5.10 Å². The minimum atomic E-state index is 0.543. The average molecular weight is 423 g/mol. The standard InChI is InChI=1S/C12H13Br2N3O2S/c1-3-19-10-8(13)4-7(5-9(10)14)6-15-11-16-17-12(18-2)20-11/h4-5H,3,6H2,1-2H3,(H,15,16). The summed E-state index contributed by atoms with van der Waals surface area (Å²) in [7, 11) is 1.57. The fourth-order valence-corrected chi connectivity index (χ4v) is 3.60. The van der Waals surface area contributed by atoms with Gasteiger partial charge in [-0.2, -0.15) is 0 Å². The lowest BCUT2D eigenvalue weighted by molar-refractivity contribution is 0.336. The summed E-state index contributed by atoms with van der Waals surface area (Å²) >= 11 is 8.39. The molecule has 0 saturated carbocycles. The molecule has 0 aliphatic heterocycles. The normalized spacial score (nSPS) is 10.4. The summed E-state index contributed by atoms with van der Waals surface area (Å²) < 4.78 is 12.4. The molecule has 2 aromatic rings. The number of benzene rings is 1. The Balaban J connectivity index is 2.06. The van der Waals surface area contributed by atoms with E-state index in [-0.39, 0.29) is 0 Å². The first-order valence-electron chi connectivity index (χ1n) is 5.86. The summed E-state index contributed by atoms with van der Waals surface area (Å²) in [6.45, 7) is 3.22. The van der Waals surface area contributed by atoms with E-state index in [2.05, 4.69) is 47.4 Å². The Labute approximate surface area is 138 Å². The van der Waals surface area contributed by atoms with Gasteiger partial charge in [0.05, 0.1) is 22.7 Å². The number of halogens is 2. The number of nitrogens with one attached hydrogen (secondary N) is 1. The number of anilines is 1. The summed E-state index contributed by atoms with van der Waals surface area (Å²) in [5.74, 6) is 0.814. The zero-order valence-corrected chi connectivity index (χ0v) is 14.9. The molecule has 1 N–H and O–H groups in total. The van der Waals surface area contributed by atoms with E-state index in [4.69, 9.17) is 9.47 Å². The summed E-state index contributed by atoms with van der Waals surface area (Å²) in [6, 6.07) is 4.03. The van der Waals surface area contributed by atoms with E-state index in [1.165, 1.54) is 11.3 Å². The molecule has 0 unspecified atom stereocenters. The van der Waals surface area contributed by atoms with E-state index >= 15 is 0 Å². The van der Waals surface area contributed by atoms with Crippen LogP contribution in [0.5, 0.6) is 10.9 Å². The van der Waals surface area contributed by atoms with Gasteiger partial charge in [-0.05, 0) is 67.8 Å². The first kappa shape index (κ1) is 15.5. The van der Waals surface area contributed by atoms with E-state index < -0.39 is 0 Å². The van der Waals surface area contributed by atoms with Gasteiger partial charge in [0.1, 0.15) is 5.75 Å². The lowest BCUT2D eigenvalue weighted by atomic mass is 10.2. The number of hydrogen-bond donors (Lipinski definition) is 1. The average Bonchev–Trinajstić information content (AvgIpc) is 2.88. The molecule has 1 heterocycles. The Kier molecular flexibility index (Phi) is 5.62. The monoisotopic (exact) mass is 421 g/mol. The van der Waals surface area contributed by atoms with E-state index in [1.807, 2.05) is 19.1 Å². The molecule has 0 bridgehead atoms. The van der Waals surface area contributed by atoms with Gasteiger partial charge >= 0.3 is 0 Å². The third kappa shape index (κ3) is 3.83. The maximum atomic E-state index is 5.55. The van der Waals surface area contributed by atoms with Crippen LogP contribution in [-0.4, -0.2) is 23.9 Å². The minimum absolute atomic E-state index is 0.543. The van der Waals surface area contributed by atoms with Crippen LogP contribution in [0, 0.1) is 0 Å². The van der Waals surface area contributed by atoms with Gasteiger partial charge in [0, 0.05) is 6.54 Å². The van der Waals surface area contributed by atoms with Crippen molar-refractivity contribution in [2.45, 2.75) is 13.5 Å². The largest absolute Gasteiger partial charge is 0.492 e. The minimum Gasteiger partial charge on any atom is -0.492 e. The predicted molar refractivity (Wildman–Crippen MR) is 86.8 cm³/mol. The van der Waals surface area contributed by atoms with E-state index in [0.29, 0.717) is 18.3 Å². The van der Waals surface area contributed by atoms with Crippen molar-refractivity contribution in [1.82, 2.24) is 10.2 Å². The van der Waals surface area contributed by atoms with E-state index in [0.717, 1.165) is 25.4 Å². The SMILES string of the molecule is CCOc1c(Br)cc(CNc2nnc(OC)s2)cc1Br. The molecule has 1 aromatic heterocycles. The Morgan fingerprint density at radius 2 is 1.95 bits per heavy atom. The second-order valence-electron chi connectivity index (χ2n) is 3.75. The summed E-state index contributed by atoms with van der Waals surface area (Å²) in [5.41, 5.74) is 1.10. The molecule has 0 fully saturated rings. The van der Waals surface area contributed by atoms with Crippen LogP contribution in [0.25, 0.3) is 0 Å². The van der Waals surface area contributed by atoms with Crippen molar-refractivity contribution in [3.8, 4) is 10.9 Å². The molecule has 108 valence electrons. The van der Waals surface area contributed by atoms with E-state index in [9.17, 15) is 0 Å². The van der Waals surface area contributed by atoms with Crippen molar-refractivity contribution in [3.63, 3.8) is 0 Å². The van der Waals surface area contributed by atoms with E-state index in [1.54, 1.807) is 7.11 Å². The maximum absolute atomic E-state index is 5.55. The highest BCUT2D eigenvalue weighted by atomic mass is 79.9. The third-order valence-corrected chi connectivity index (χ3v) is 4.39. The number of hydrogen-bond acceptors (Lipinski definition) is 6. The third-order valence-electron chi connectivity index (χ3n) is 2.37. The smallest absolute Gasteiger partial charge is 0.295 e. The second-order valence-corrected chi connectivity index (χ2v) is 6.40. The van der Waals surface area contributed by atoms with Gasteiger partial charge in [0.15, 0.2) is 0 Å². The maximum Gasteiger partial charge on any atom is 0.295 e.